The third kappa shape index (κ3) is 2.55. The number of rotatable bonds is 2. The van der Waals surface area contributed by atoms with Gasteiger partial charge in [0.1, 0.15) is 5.82 Å². The molecule has 1 fully saturated rings. The van der Waals surface area contributed by atoms with Gasteiger partial charge in [-0.3, -0.25) is 4.79 Å². The van der Waals surface area contributed by atoms with Crippen molar-refractivity contribution in [3.63, 3.8) is 0 Å². The van der Waals surface area contributed by atoms with Crippen LogP contribution in [0.5, 0.6) is 0 Å². The van der Waals surface area contributed by atoms with Crippen LogP contribution in [0, 0.1) is 5.82 Å². The maximum absolute atomic E-state index is 13.2. The summed E-state index contributed by atoms with van der Waals surface area (Å²) in [6, 6.07) is 3.69. The molecule has 1 aliphatic heterocycles. The van der Waals surface area contributed by atoms with Gasteiger partial charge in [0, 0.05) is 24.6 Å². The minimum absolute atomic E-state index is 0.261. The van der Waals surface area contributed by atoms with Crippen LogP contribution in [0.3, 0.4) is 0 Å². The van der Waals surface area contributed by atoms with Crippen molar-refractivity contribution in [3.05, 3.63) is 34.1 Å². The standard InChI is InChI=1S/C12H14BrFN2O2/c1-16(10-5-15-6-11(10)17)12(18)8-4-7(14)2-3-9(8)13/h2-4,10-11,15,17H,5-6H2,1H3/t10-,11-/m1/s1. The fourth-order valence-corrected chi connectivity index (χ4v) is 2.46. The van der Waals surface area contributed by atoms with E-state index in [1.54, 1.807) is 7.05 Å². The summed E-state index contributed by atoms with van der Waals surface area (Å²) in [7, 11) is 1.61. The van der Waals surface area contributed by atoms with Crippen molar-refractivity contribution in [3.8, 4) is 0 Å². The summed E-state index contributed by atoms with van der Waals surface area (Å²) in [5, 5.41) is 12.7. The van der Waals surface area contributed by atoms with E-state index < -0.39 is 11.9 Å². The second-order valence-corrected chi connectivity index (χ2v) is 5.19. The molecule has 2 atom stereocenters. The maximum atomic E-state index is 13.2. The Balaban J connectivity index is 2.22. The highest BCUT2D eigenvalue weighted by molar-refractivity contribution is 9.10. The number of nitrogens with zero attached hydrogens (tertiary/aromatic N) is 1. The Morgan fingerprint density at radius 3 is 2.89 bits per heavy atom. The first kappa shape index (κ1) is 13.5. The van der Waals surface area contributed by atoms with Crippen molar-refractivity contribution in [2.75, 3.05) is 20.1 Å². The van der Waals surface area contributed by atoms with E-state index >= 15 is 0 Å². The summed E-state index contributed by atoms with van der Waals surface area (Å²) in [4.78, 5) is 13.7. The van der Waals surface area contributed by atoms with E-state index in [9.17, 15) is 14.3 Å². The average molecular weight is 317 g/mol. The molecule has 1 amide bonds. The SMILES string of the molecule is CN(C(=O)c1cc(F)ccc1Br)[C@@H]1CNC[C@H]1O. The lowest BCUT2D eigenvalue weighted by Gasteiger charge is -2.26. The molecule has 2 N–H and O–H groups in total. The summed E-state index contributed by atoms with van der Waals surface area (Å²) in [6.45, 7) is 1.00. The average Bonchev–Trinajstić information content (AvgIpc) is 2.77. The molecule has 4 nitrogen and oxygen atoms in total. The van der Waals surface area contributed by atoms with E-state index in [2.05, 4.69) is 21.2 Å². The summed E-state index contributed by atoms with van der Waals surface area (Å²) in [5.74, 6) is -0.769. The quantitative estimate of drug-likeness (QED) is 0.855. The Kier molecular flexibility index (Phi) is 3.99. The molecule has 0 aliphatic carbocycles. The van der Waals surface area contributed by atoms with E-state index in [1.165, 1.54) is 23.1 Å². The highest BCUT2D eigenvalue weighted by Crippen LogP contribution is 2.21. The smallest absolute Gasteiger partial charge is 0.255 e. The van der Waals surface area contributed by atoms with Crippen molar-refractivity contribution in [2.45, 2.75) is 12.1 Å². The van der Waals surface area contributed by atoms with E-state index in [-0.39, 0.29) is 17.5 Å². The van der Waals surface area contributed by atoms with Crippen molar-refractivity contribution in [1.82, 2.24) is 10.2 Å². The number of β-amino-alcohol motifs (C(OH)–C–C–N with tert-alkyl or cyclic N) is 1. The van der Waals surface area contributed by atoms with E-state index in [1.807, 2.05) is 0 Å². The second kappa shape index (κ2) is 5.34. The van der Waals surface area contributed by atoms with Crippen LogP contribution in [-0.2, 0) is 0 Å². The fourth-order valence-electron chi connectivity index (χ4n) is 2.05. The summed E-state index contributed by atoms with van der Waals surface area (Å²) < 4.78 is 13.7. The monoisotopic (exact) mass is 316 g/mol. The number of halogens is 2. The van der Waals surface area contributed by atoms with Crippen molar-refractivity contribution < 1.29 is 14.3 Å². The number of likely N-dealkylation sites (N-methyl/N-ethyl adjacent to an activating group) is 1. The summed E-state index contributed by atoms with van der Waals surface area (Å²) >= 11 is 3.23. The molecule has 1 aromatic carbocycles. The number of hydrogen-bond acceptors (Lipinski definition) is 3. The zero-order valence-corrected chi connectivity index (χ0v) is 11.4. The third-order valence-corrected chi connectivity index (χ3v) is 3.82. The van der Waals surface area contributed by atoms with Gasteiger partial charge >= 0.3 is 0 Å². The minimum Gasteiger partial charge on any atom is -0.390 e. The number of carbonyl (C=O) groups is 1. The first-order valence-electron chi connectivity index (χ1n) is 5.61. The molecule has 0 radical (unpaired) electrons. The van der Waals surface area contributed by atoms with Gasteiger partial charge in [-0.2, -0.15) is 0 Å². The van der Waals surface area contributed by atoms with Crippen molar-refractivity contribution >= 4 is 21.8 Å². The number of aliphatic hydroxyl groups excluding tert-OH is 1. The van der Waals surface area contributed by atoms with Crippen molar-refractivity contribution in [1.29, 1.82) is 0 Å². The zero-order chi connectivity index (χ0) is 13.3. The number of benzene rings is 1. The molecule has 0 bridgehead atoms. The van der Waals surface area contributed by atoms with Crippen LogP contribution in [0.2, 0.25) is 0 Å². The first-order chi connectivity index (χ1) is 8.50. The van der Waals surface area contributed by atoms with Crippen LogP contribution >= 0.6 is 15.9 Å². The van der Waals surface area contributed by atoms with Gasteiger partial charge in [-0.05, 0) is 34.1 Å². The molecule has 0 spiro atoms. The lowest BCUT2D eigenvalue weighted by molar-refractivity contribution is 0.0580. The first-order valence-corrected chi connectivity index (χ1v) is 6.41. The minimum atomic E-state index is -0.591. The highest BCUT2D eigenvalue weighted by Gasteiger charge is 2.32. The van der Waals surface area contributed by atoms with E-state index in [0.717, 1.165) is 0 Å². The number of hydrogen-bond donors (Lipinski definition) is 2. The lowest BCUT2D eigenvalue weighted by atomic mass is 10.1. The van der Waals surface area contributed by atoms with Crippen LogP contribution in [-0.4, -0.2) is 48.2 Å². The van der Waals surface area contributed by atoms with Gasteiger partial charge in [-0.1, -0.05) is 0 Å². The van der Waals surface area contributed by atoms with Gasteiger partial charge in [0.05, 0.1) is 17.7 Å². The van der Waals surface area contributed by atoms with Gasteiger partial charge in [-0.25, -0.2) is 4.39 Å². The van der Waals surface area contributed by atoms with Crippen LogP contribution < -0.4 is 5.32 Å². The zero-order valence-electron chi connectivity index (χ0n) is 9.86. The topological polar surface area (TPSA) is 52.6 Å². The Labute approximate surface area is 113 Å². The van der Waals surface area contributed by atoms with Crippen LogP contribution in [0.15, 0.2) is 22.7 Å². The molecule has 1 heterocycles. The largest absolute Gasteiger partial charge is 0.390 e. The van der Waals surface area contributed by atoms with Gasteiger partial charge < -0.3 is 15.3 Å². The van der Waals surface area contributed by atoms with Gasteiger partial charge in [-0.15, -0.1) is 0 Å². The number of carbonyl (C=O) groups excluding carboxylic acids is 1. The van der Waals surface area contributed by atoms with Crippen LogP contribution in [0.1, 0.15) is 10.4 Å². The van der Waals surface area contributed by atoms with Gasteiger partial charge in [0.25, 0.3) is 5.91 Å². The second-order valence-electron chi connectivity index (χ2n) is 4.33. The molecule has 18 heavy (non-hydrogen) atoms. The van der Waals surface area contributed by atoms with Gasteiger partial charge in [0.15, 0.2) is 0 Å². The molecule has 6 heteroatoms. The van der Waals surface area contributed by atoms with Crippen molar-refractivity contribution in [2.24, 2.45) is 0 Å². The third-order valence-electron chi connectivity index (χ3n) is 3.13. The molecule has 0 unspecified atom stereocenters. The molecular weight excluding hydrogens is 303 g/mol. The molecule has 98 valence electrons. The number of amides is 1. The number of aliphatic hydroxyl groups is 1. The van der Waals surface area contributed by atoms with Gasteiger partial charge in [0.2, 0.25) is 0 Å². The molecular formula is C12H14BrFN2O2. The number of nitrogens with one attached hydrogen (secondary N) is 1. The Bertz CT molecular complexity index is 469. The molecule has 1 saturated heterocycles. The molecule has 2 rings (SSSR count). The maximum Gasteiger partial charge on any atom is 0.255 e. The highest BCUT2D eigenvalue weighted by atomic mass is 79.9. The van der Waals surface area contributed by atoms with E-state index in [4.69, 9.17) is 0 Å². The molecule has 1 aromatic rings. The Morgan fingerprint density at radius 1 is 1.56 bits per heavy atom. The van der Waals surface area contributed by atoms with Crippen LogP contribution in [0.25, 0.3) is 0 Å². The molecule has 0 aromatic heterocycles. The Hall–Kier alpha value is -0.980. The normalized spacial score (nSPS) is 23.1. The summed E-state index contributed by atoms with van der Waals surface area (Å²) in [5.41, 5.74) is 0.261. The molecule has 0 saturated carbocycles. The lowest BCUT2D eigenvalue weighted by Crippen LogP contribution is -2.44. The predicted molar refractivity (Wildman–Crippen MR) is 68.9 cm³/mol. The predicted octanol–water partition coefficient (Wildman–Crippen LogP) is 0.993. The van der Waals surface area contributed by atoms with Crippen LogP contribution in [0.4, 0.5) is 4.39 Å². The Morgan fingerprint density at radius 2 is 2.28 bits per heavy atom. The molecule has 1 aliphatic rings. The fraction of sp³-hybridized carbons (Fsp3) is 0.417. The van der Waals surface area contributed by atoms with E-state index in [0.29, 0.717) is 17.6 Å². The summed E-state index contributed by atoms with van der Waals surface area (Å²) in [6.07, 6.45) is -0.591.